The zero-order valence-corrected chi connectivity index (χ0v) is 11.3. The van der Waals surface area contributed by atoms with Gasteiger partial charge in [0.05, 0.1) is 5.41 Å². The van der Waals surface area contributed by atoms with Crippen molar-refractivity contribution in [3.63, 3.8) is 0 Å². The van der Waals surface area contributed by atoms with Crippen LogP contribution in [0.2, 0.25) is 0 Å². The van der Waals surface area contributed by atoms with Gasteiger partial charge in [-0.2, -0.15) is 4.98 Å². The minimum Gasteiger partial charge on any atom is -0.355 e. The maximum atomic E-state index is 12.1. The van der Waals surface area contributed by atoms with Gasteiger partial charge in [-0.25, -0.2) is 0 Å². The smallest absolute Gasteiger partial charge is 0.228 e. The average Bonchev–Trinajstić information content (AvgIpc) is 2.78. The van der Waals surface area contributed by atoms with Crippen LogP contribution in [0.3, 0.4) is 0 Å². The quantitative estimate of drug-likeness (QED) is 0.750. The van der Waals surface area contributed by atoms with Gasteiger partial charge in [0, 0.05) is 19.5 Å². The lowest BCUT2D eigenvalue weighted by Gasteiger charge is -2.28. The van der Waals surface area contributed by atoms with E-state index in [1.807, 2.05) is 13.8 Å². The monoisotopic (exact) mass is 254 g/mol. The lowest BCUT2D eigenvalue weighted by Crippen LogP contribution is -2.45. The fraction of sp³-hybridized carbons (Fsp3) is 0.750. The summed E-state index contributed by atoms with van der Waals surface area (Å²) in [5.41, 5.74) is 5.26. The second-order valence-electron chi connectivity index (χ2n) is 4.43. The predicted octanol–water partition coefficient (Wildman–Crippen LogP) is 0.802. The summed E-state index contributed by atoms with van der Waals surface area (Å²) in [6.45, 7) is 6.58. The SMILES string of the molecule is CCC(CC)(CN)C(=O)NCCc1nc(C)no1. The Morgan fingerprint density at radius 1 is 1.44 bits per heavy atom. The van der Waals surface area contributed by atoms with E-state index in [1.165, 1.54) is 0 Å². The molecule has 6 nitrogen and oxygen atoms in total. The Labute approximate surface area is 107 Å². The largest absolute Gasteiger partial charge is 0.355 e. The third kappa shape index (κ3) is 3.29. The van der Waals surface area contributed by atoms with E-state index in [0.717, 1.165) is 12.8 Å². The van der Waals surface area contributed by atoms with Crippen molar-refractivity contribution >= 4 is 5.91 Å². The van der Waals surface area contributed by atoms with Crippen LogP contribution in [0.1, 0.15) is 38.4 Å². The van der Waals surface area contributed by atoms with Crippen molar-refractivity contribution in [2.24, 2.45) is 11.1 Å². The van der Waals surface area contributed by atoms with Gasteiger partial charge in [0.1, 0.15) is 0 Å². The Bertz CT molecular complexity index is 377. The van der Waals surface area contributed by atoms with Gasteiger partial charge in [-0.05, 0) is 19.8 Å². The van der Waals surface area contributed by atoms with Gasteiger partial charge in [0.25, 0.3) is 0 Å². The Hall–Kier alpha value is -1.43. The summed E-state index contributed by atoms with van der Waals surface area (Å²) >= 11 is 0. The fourth-order valence-electron chi connectivity index (χ4n) is 1.86. The van der Waals surface area contributed by atoms with E-state index in [4.69, 9.17) is 10.3 Å². The maximum absolute atomic E-state index is 12.1. The number of nitrogens with two attached hydrogens (primary N) is 1. The Kier molecular flexibility index (Phi) is 5.27. The van der Waals surface area contributed by atoms with E-state index in [0.29, 0.717) is 31.2 Å². The van der Waals surface area contributed by atoms with Gasteiger partial charge < -0.3 is 15.6 Å². The molecule has 1 aromatic rings. The van der Waals surface area contributed by atoms with Crippen LogP contribution in [0.4, 0.5) is 0 Å². The molecule has 1 aromatic heterocycles. The highest BCUT2D eigenvalue weighted by Crippen LogP contribution is 2.24. The molecule has 0 unspecified atom stereocenters. The molecule has 0 atom stereocenters. The standard InChI is InChI=1S/C12H22N4O2/c1-4-12(5-2,8-13)11(17)14-7-6-10-15-9(3)16-18-10/h4-8,13H2,1-3H3,(H,14,17). The summed E-state index contributed by atoms with van der Waals surface area (Å²) in [4.78, 5) is 16.2. The molecule has 0 radical (unpaired) electrons. The molecule has 0 aromatic carbocycles. The van der Waals surface area contributed by atoms with Crippen LogP contribution in [0, 0.1) is 12.3 Å². The minimum atomic E-state index is -0.454. The second kappa shape index (κ2) is 6.49. The molecule has 3 N–H and O–H groups in total. The van der Waals surface area contributed by atoms with E-state index in [9.17, 15) is 4.79 Å². The summed E-state index contributed by atoms with van der Waals surface area (Å²) < 4.78 is 4.97. The molecule has 6 heteroatoms. The van der Waals surface area contributed by atoms with Gasteiger partial charge in [-0.15, -0.1) is 0 Å². The molecule has 18 heavy (non-hydrogen) atoms. The van der Waals surface area contributed by atoms with Crippen LogP contribution in [-0.2, 0) is 11.2 Å². The van der Waals surface area contributed by atoms with Gasteiger partial charge in [-0.3, -0.25) is 4.79 Å². The van der Waals surface area contributed by atoms with Crippen LogP contribution < -0.4 is 11.1 Å². The molecule has 0 saturated carbocycles. The van der Waals surface area contributed by atoms with Gasteiger partial charge in [-0.1, -0.05) is 19.0 Å². The molecular formula is C12H22N4O2. The number of aryl methyl sites for hydroxylation is 1. The number of nitrogens with zero attached hydrogens (tertiary/aromatic N) is 2. The average molecular weight is 254 g/mol. The Morgan fingerprint density at radius 2 is 2.11 bits per heavy atom. The summed E-state index contributed by atoms with van der Waals surface area (Å²) in [7, 11) is 0. The van der Waals surface area contributed by atoms with Crippen molar-refractivity contribution in [1.29, 1.82) is 0 Å². The summed E-state index contributed by atoms with van der Waals surface area (Å²) in [6.07, 6.45) is 2.03. The van der Waals surface area contributed by atoms with Crippen molar-refractivity contribution in [2.75, 3.05) is 13.1 Å². The van der Waals surface area contributed by atoms with Gasteiger partial charge in [0.2, 0.25) is 11.8 Å². The number of hydrogen-bond donors (Lipinski definition) is 2. The first-order valence-electron chi connectivity index (χ1n) is 6.35. The first kappa shape index (κ1) is 14.6. The lowest BCUT2D eigenvalue weighted by molar-refractivity contribution is -0.131. The zero-order valence-electron chi connectivity index (χ0n) is 11.3. The summed E-state index contributed by atoms with van der Waals surface area (Å²) in [6, 6.07) is 0. The van der Waals surface area contributed by atoms with E-state index in [2.05, 4.69) is 15.5 Å². The third-order valence-electron chi connectivity index (χ3n) is 3.42. The zero-order chi connectivity index (χ0) is 13.6. The normalized spacial score (nSPS) is 11.6. The Morgan fingerprint density at radius 3 is 2.56 bits per heavy atom. The number of amides is 1. The van der Waals surface area contributed by atoms with Crippen LogP contribution >= 0.6 is 0 Å². The number of rotatable bonds is 7. The highest BCUT2D eigenvalue weighted by molar-refractivity contribution is 5.82. The molecule has 102 valence electrons. The molecule has 0 fully saturated rings. The predicted molar refractivity (Wildman–Crippen MR) is 67.8 cm³/mol. The first-order valence-corrected chi connectivity index (χ1v) is 6.35. The molecule has 1 amide bonds. The second-order valence-corrected chi connectivity index (χ2v) is 4.43. The number of aromatic nitrogens is 2. The van der Waals surface area contributed by atoms with E-state index >= 15 is 0 Å². The summed E-state index contributed by atoms with van der Waals surface area (Å²) in [5, 5.41) is 6.58. The molecule has 0 spiro atoms. The van der Waals surface area contributed by atoms with Crippen molar-refractivity contribution < 1.29 is 9.32 Å². The molecule has 1 heterocycles. The molecule has 0 aliphatic rings. The van der Waals surface area contributed by atoms with Crippen LogP contribution in [0.15, 0.2) is 4.52 Å². The van der Waals surface area contributed by atoms with Crippen molar-refractivity contribution in [3.05, 3.63) is 11.7 Å². The van der Waals surface area contributed by atoms with Gasteiger partial charge in [0.15, 0.2) is 5.82 Å². The lowest BCUT2D eigenvalue weighted by atomic mass is 9.81. The highest BCUT2D eigenvalue weighted by Gasteiger charge is 2.32. The molecule has 0 bridgehead atoms. The number of carbonyl (C=O) groups excluding carboxylic acids is 1. The molecule has 0 saturated heterocycles. The van der Waals surface area contributed by atoms with Crippen molar-refractivity contribution in [2.45, 2.75) is 40.0 Å². The number of nitrogens with one attached hydrogen (secondary N) is 1. The number of carbonyl (C=O) groups is 1. The Balaban J connectivity index is 2.45. The van der Waals surface area contributed by atoms with E-state index in [1.54, 1.807) is 6.92 Å². The molecule has 0 aliphatic heterocycles. The van der Waals surface area contributed by atoms with E-state index < -0.39 is 5.41 Å². The third-order valence-corrected chi connectivity index (χ3v) is 3.42. The maximum Gasteiger partial charge on any atom is 0.228 e. The molecule has 0 aliphatic carbocycles. The van der Waals surface area contributed by atoms with Crippen molar-refractivity contribution in [1.82, 2.24) is 15.5 Å². The highest BCUT2D eigenvalue weighted by atomic mass is 16.5. The van der Waals surface area contributed by atoms with Crippen LogP contribution in [-0.4, -0.2) is 29.1 Å². The molecule has 1 rings (SSSR count). The fourth-order valence-corrected chi connectivity index (χ4v) is 1.86. The van der Waals surface area contributed by atoms with Crippen molar-refractivity contribution in [3.8, 4) is 0 Å². The minimum absolute atomic E-state index is 0.00578. The van der Waals surface area contributed by atoms with Crippen LogP contribution in [0.25, 0.3) is 0 Å². The summed E-state index contributed by atoms with van der Waals surface area (Å²) in [5.74, 6) is 1.15. The first-order chi connectivity index (χ1) is 8.57. The van der Waals surface area contributed by atoms with E-state index in [-0.39, 0.29) is 5.91 Å². The number of hydrogen-bond acceptors (Lipinski definition) is 5. The van der Waals surface area contributed by atoms with Gasteiger partial charge >= 0.3 is 0 Å². The topological polar surface area (TPSA) is 94.0 Å². The molecular weight excluding hydrogens is 232 g/mol. The van der Waals surface area contributed by atoms with Crippen LogP contribution in [0.5, 0.6) is 0 Å².